The van der Waals surface area contributed by atoms with E-state index in [2.05, 4.69) is 4.99 Å². The number of nitro groups is 1. The van der Waals surface area contributed by atoms with E-state index in [9.17, 15) is 14.9 Å². The molecule has 0 aliphatic carbocycles. The number of thiophene rings is 1. The summed E-state index contributed by atoms with van der Waals surface area (Å²) in [6.07, 6.45) is 0. The molecule has 9 heteroatoms. The number of hydrogen-bond donors (Lipinski definition) is 0. The summed E-state index contributed by atoms with van der Waals surface area (Å²) in [6.45, 7) is 2.63. The van der Waals surface area contributed by atoms with Crippen molar-refractivity contribution in [2.24, 2.45) is 4.99 Å². The van der Waals surface area contributed by atoms with Gasteiger partial charge in [0.15, 0.2) is 4.80 Å². The Labute approximate surface area is 167 Å². The van der Waals surface area contributed by atoms with Crippen LogP contribution in [0.4, 0.5) is 5.69 Å². The molecule has 0 saturated heterocycles. The van der Waals surface area contributed by atoms with Crippen LogP contribution in [0, 0.1) is 10.1 Å². The molecule has 2 aromatic heterocycles. The summed E-state index contributed by atoms with van der Waals surface area (Å²) in [6, 6.07) is 12.0. The van der Waals surface area contributed by atoms with Crippen molar-refractivity contribution in [2.45, 2.75) is 13.5 Å². The topological polar surface area (TPSA) is 86.7 Å². The second kappa shape index (κ2) is 7.17. The molecular formula is C19H15N3O4S2. The van der Waals surface area contributed by atoms with Gasteiger partial charge in [-0.25, -0.2) is 0 Å². The van der Waals surface area contributed by atoms with E-state index >= 15 is 0 Å². The molecule has 0 atom stereocenters. The first-order valence-electron chi connectivity index (χ1n) is 8.45. The Morgan fingerprint density at radius 2 is 2.04 bits per heavy atom. The zero-order valence-electron chi connectivity index (χ0n) is 15.0. The van der Waals surface area contributed by atoms with Crippen molar-refractivity contribution >= 4 is 54.6 Å². The number of amides is 1. The Bertz CT molecular complexity index is 1300. The minimum Gasteiger partial charge on any atom is -0.495 e. The monoisotopic (exact) mass is 413 g/mol. The molecule has 0 aliphatic heterocycles. The molecule has 0 spiro atoms. The largest absolute Gasteiger partial charge is 0.495 e. The average Bonchev–Trinajstić information content (AvgIpc) is 3.27. The van der Waals surface area contributed by atoms with Crippen LogP contribution in [0.15, 0.2) is 47.5 Å². The van der Waals surface area contributed by atoms with E-state index < -0.39 is 4.92 Å². The zero-order chi connectivity index (χ0) is 19.8. The smallest absolute Gasteiger partial charge is 0.289 e. The Hall–Kier alpha value is -3.04. The van der Waals surface area contributed by atoms with Gasteiger partial charge in [0.2, 0.25) is 0 Å². The number of rotatable bonds is 4. The Morgan fingerprint density at radius 1 is 1.21 bits per heavy atom. The predicted molar refractivity (Wildman–Crippen MR) is 110 cm³/mol. The number of carbonyl (C=O) groups excluding carboxylic acids is 1. The van der Waals surface area contributed by atoms with Crippen molar-refractivity contribution in [1.29, 1.82) is 0 Å². The third kappa shape index (κ3) is 3.08. The molecule has 0 unspecified atom stereocenters. The highest BCUT2D eigenvalue weighted by Crippen LogP contribution is 2.30. The molecule has 7 nitrogen and oxygen atoms in total. The molecule has 2 heterocycles. The second-order valence-corrected chi connectivity index (χ2v) is 8.04. The molecule has 0 fully saturated rings. The molecule has 2 aromatic carbocycles. The number of hydrogen-bond acceptors (Lipinski definition) is 6. The minimum atomic E-state index is -0.447. The van der Waals surface area contributed by atoms with Gasteiger partial charge in [-0.15, -0.1) is 11.3 Å². The quantitative estimate of drug-likeness (QED) is 0.361. The fourth-order valence-corrected chi connectivity index (χ4v) is 5.07. The van der Waals surface area contributed by atoms with Gasteiger partial charge in [-0.05, 0) is 31.2 Å². The maximum atomic E-state index is 12.8. The average molecular weight is 413 g/mol. The number of thiazole rings is 1. The summed E-state index contributed by atoms with van der Waals surface area (Å²) in [5.74, 6) is 0.371. The van der Waals surface area contributed by atoms with E-state index in [1.54, 1.807) is 19.2 Å². The number of aryl methyl sites for hydroxylation is 1. The standard InChI is InChI=1S/C19H15N3O4S2/c1-3-21-17-13(26-2)5-4-6-15(17)28-19(21)20-18(23)16-10-11-9-12(22(24)25)7-8-14(11)27-16/h4-10H,3H2,1-2H3. The van der Waals surface area contributed by atoms with Crippen molar-refractivity contribution < 1.29 is 14.5 Å². The first kappa shape index (κ1) is 18.3. The fraction of sp³-hybridized carbons (Fsp3) is 0.158. The lowest BCUT2D eigenvalue weighted by atomic mass is 10.2. The van der Waals surface area contributed by atoms with Crippen molar-refractivity contribution in [3.8, 4) is 5.75 Å². The Balaban J connectivity index is 1.82. The number of ether oxygens (including phenoxy) is 1. The first-order chi connectivity index (χ1) is 13.5. The van der Waals surface area contributed by atoms with Gasteiger partial charge in [0.05, 0.1) is 21.6 Å². The first-order valence-corrected chi connectivity index (χ1v) is 10.1. The fourth-order valence-electron chi connectivity index (χ4n) is 3.03. The molecule has 4 aromatic rings. The number of nitro benzene ring substituents is 1. The number of fused-ring (bicyclic) bond motifs is 2. The van der Waals surface area contributed by atoms with Crippen molar-refractivity contribution in [2.75, 3.05) is 7.11 Å². The van der Waals surface area contributed by atoms with Crippen molar-refractivity contribution in [3.63, 3.8) is 0 Å². The third-order valence-corrected chi connectivity index (χ3v) is 6.47. The van der Waals surface area contributed by atoms with Crippen molar-refractivity contribution in [1.82, 2.24) is 4.57 Å². The van der Waals surface area contributed by atoms with Crippen molar-refractivity contribution in [3.05, 3.63) is 62.3 Å². The lowest BCUT2D eigenvalue weighted by Gasteiger charge is -2.05. The van der Waals surface area contributed by atoms with Crippen LogP contribution in [-0.4, -0.2) is 22.5 Å². The number of carbonyl (C=O) groups is 1. The molecule has 0 radical (unpaired) electrons. The van der Waals surface area contributed by atoms with E-state index in [1.165, 1.54) is 34.8 Å². The van der Waals surface area contributed by atoms with Crippen LogP contribution in [0.25, 0.3) is 20.3 Å². The maximum absolute atomic E-state index is 12.8. The Morgan fingerprint density at radius 3 is 2.75 bits per heavy atom. The highest BCUT2D eigenvalue weighted by atomic mass is 32.1. The summed E-state index contributed by atoms with van der Waals surface area (Å²) in [4.78, 5) is 28.6. The molecule has 0 saturated carbocycles. The van der Waals surface area contributed by atoms with E-state index in [4.69, 9.17) is 4.74 Å². The van der Waals surface area contributed by atoms with Gasteiger partial charge in [0.1, 0.15) is 11.3 Å². The lowest BCUT2D eigenvalue weighted by molar-refractivity contribution is -0.384. The SMILES string of the molecule is CCn1c(=NC(=O)c2cc3cc([N+](=O)[O-])ccc3s2)sc2cccc(OC)c21. The number of non-ortho nitro benzene ring substituents is 1. The van der Waals surface area contributed by atoms with Crippen LogP contribution in [0.3, 0.4) is 0 Å². The van der Waals surface area contributed by atoms with E-state index in [-0.39, 0.29) is 11.6 Å². The Kier molecular flexibility index (Phi) is 4.70. The summed E-state index contributed by atoms with van der Waals surface area (Å²) in [7, 11) is 1.62. The predicted octanol–water partition coefficient (Wildman–Crippen LogP) is 4.60. The van der Waals surface area contributed by atoms with Gasteiger partial charge in [0, 0.05) is 28.8 Å². The van der Waals surface area contributed by atoms with E-state index in [0.29, 0.717) is 21.6 Å². The van der Waals surface area contributed by atoms with Gasteiger partial charge < -0.3 is 9.30 Å². The van der Waals surface area contributed by atoms with Crippen LogP contribution in [0.5, 0.6) is 5.75 Å². The number of methoxy groups -OCH3 is 1. The number of para-hydroxylation sites is 1. The van der Waals surface area contributed by atoms with Gasteiger partial charge in [-0.1, -0.05) is 17.4 Å². The summed E-state index contributed by atoms with van der Waals surface area (Å²) in [5, 5.41) is 11.6. The molecule has 4 rings (SSSR count). The highest BCUT2D eigenvalue weighted by Gasteiger charge is 2.15. The number of aromatic nitrogens is 1. The van der Waals surface area contributed by atoms with Gasteiger partial charge >= 0.3 is 0 Å². The zero-order valence-corrected chi connectivity index (χ0v) is 16.7. The summed E-state index contributed by atoms with van der Waals surface area (Å²) >= 11 is 2.70. The number of benzene rings is 2. The molecule has 1 amide bonds. The molecule has 0 aliphatic rings. The van der Waals surface area contributed by atoms with E-state index in [1.807, 2.05) is 29.7 Å². The molecule has 142 valence electrons. The number of nitrogens with zero attached hydrogens (tertiary/aromatic N) is 3. The van der Waals surface area contributed by atoms with Gasteiger partial charge in [-0.3, -0.25) is 14.9 Å². The lowest BCUT2D eigenvalue weighted by Crippen LogP contribution is -2.15. The van der Waals surface area contributed by atoms with E-state index in [0.717, 1.165) is 20.7 Å². The van der Waals surface area contributed by atoms with Gasteiger partial charge in [0.25, 0.3) is 11.6 Å². The second-order valence-electron chi connectivity index (χ2n) is 5.94. The van der Waals surface area contributed by atoms with Crippen LogP contribution >= 0.6 is 22.7 Å². The summed E-state index contributed by atoms with van der Waals surface area (Å²) in [5.41, 5.74) is 0.915. The maximum Gasteiger partial charge on any atom is 0.289 e. The van der Waals surface area contributed by atoms with Crippen LogP contribution in [0.2, 0.25) is 0 Å². The third-order valence-electron chi connectivity index (χ3n) is 4.32. The van der Waals surface area contributed by atoms with Gasteiger partial charge in [-0.2, -0.15) is 4.99 Å². The van der Waals surface area contributed by atoms with Crippen LogP contribution in [-0.2, 0) is 6.54 Å². The molecule has 0 N–H and O–H groups in total. The molecule has 0 bridgehead atoms. The highest BCUT2D eigenvalue weighted by molar-refractivity contribution is 7.21. The summed E-state index contributed by atoms with van der Waals surface area (Å²) < 4.78 is 9.20. The molecule has 28 heavy (non-hydrogen) atoms. The molecular weight excluding hydrogens is 398 g/mol. The van der Waals surface area contributed by atoms with Crippen LogP contribution in [0.1, 0.15) is 16.6 Å². The minimum absolute atomic E-state index is 0.00154. The normalized spacial score (nSPS) is 12.0. The van der Waals surface area contributed by atoms with Crippen LogP contribution < -0.4 is 9.54 Å².